The highest BCUT2D eigenvalue weighted by Gasteiger charge is 2.22. The van der Waals surface area contributed by atoms with Crippen molar-refractivity contribution in [3.05, 3.63) is 58.9 Å². The number of likely N-dealkylation sites (N-methyl/N-ethyl adjacent to an activating group) is 1. The van der Waals surface area contributed by atoms with E-state index in [1.54, 1.807) is 26.2 Å². The van der Waals surface area contributed by atoms with Gasteiger partial charge in [0, 0.05) is 31.9 Å². The molecule has 1 heterocycles. The molecule has 1 aromatic carbocycles. The van der Waals surface area contributed by atoms with Crippen LogP contribution in [0.5, 0.6) is 5.75 Å². The molecule has 7 nitrogen and oxygen atoms in total. The summed E-state index contributed by atoms with van der Waals surface area (Å²) in [5.74, 6) is -1.58. The lowest BCUT2D eigenvalue weighted by Crippen LogP contribution is -2.33. The molecule has 2 rings (SSSR count). The SMILES string of the molecule is Cc1c(CC(N)C(=O)O)ccc(O)c1C(=O)N(C)CCc1ccccn1. The van der Waals surface area contributed by atoms with E-state index < -0.39 is 12.0 Å². The fourth-order valence-electron chi connectivity index (χ4n) is 2.68. The minimum atomic E-state index is -1.11. The van der Waals surface area contributed by atoms with Crippen LogP contribution in [0.3, 0.4) is 0 Å². The molecule has 0 aliphatic rings. The van der Waals surface area contributed by atoms with Crippen LogP contribution in [0.4, 0.5) is 0 Å². The average Bonchev–Trinajstić information content (AvgIpc) is 2.62. The molecule has 138 valence electrons. The first-order valence-corrected chi connectivity index (χ1v) is 8.26. The average molecular weight is 357 g/mol. The third-order valence-electron chi connectivity index (χ3n) is 4.30. The molecule has 0 spiro atoms. The van der Waals surface area contributed by atoms with Gasteiger partial charge in [0.15, 0.2) is 0 Å². The number of benzene rings is 1. The number of hydrogen-bond acceptors (Lipinski definition) is 5. The number of nitrogens with zero attached hydrogens (tertiary/aromatic N) is 2. The van der Waals surface area contributed by atoms with Crippen LogP contribution >= 0.6 is 0 Å². The van der Waals surface area contributed by atoms with Crippen molar-refractivity contribution in [2.75, 3.05) is 13.6 Å². The molecule has 0 radical (unpaired) electrons. The number of hydrogen-bond donors (Lipinski definition) is 3. The van der Waals surface area contributed by atoms with Gasteiger partial charge in [-0.3, -0.25) is 14.6 Å². The number of rotatable bonds is 7. The third-order valence-corrected chi connectivity index (χ3v) is 4.30. The zero-order valence-corrected chi connectivity index (χ0v) is 14.8. The molecule has 2 aromatic rings. The maximum atomic E-state index is 12.8. The van der Waals surface area contributed by atoms with Crippen molar-refractivity contribution in [1.82, 2.24) is 9.88 Å². The van der Waals surface area contributed by atoms with Crippen LogP contribution in [0.2, 0.25) is 0 Å². The van der Waals surface area contributed by atoms with E-state index in [0.29, 0.717) is 24.1 Å². The summed E-state index contributed by atoms with van der Waals surface area (Å²) in [6, 6.07) is 7.52. The minimum absolute atomic E-state index is 0.0827. The molecule has 1 unspecified atom stereocenters. The van der Waals surface area contributed by atoms with Crippen LogP contribution in [0.15, 0.2) is 36.5 Å². The summed E-state index contributed by atoms with van der Waals surface area (Å²) in [6.07, 6.45) is 2.37. The number of carbonyl (C=O) groups excluding carboxylic acids is 1. The molecule has 0 aliphatic carbocycles. The number of nitrogens with two attached hydrogens (primary N) is 1. The van der Waals surface area contributed by atoms with Crippen molar-refractivity contribution in [3.63, 3.8) is 0 Å². The van der Waals surface area contributed by atoms with Gasteiger partial charge in [0.1, 0.15) is 11.8 Å². The van der Waals surface area contributed by atoms with Crippen molar-refractivity contribution in [2.24, 2.45) is 5.73 Å². The highest BCUT2D eigenvalue weighted by atomic mass is 16.4. The number of carboxylic acids is 1. The van der Waals surface area contributed by atoms with Gasteiger partial charge in [-0.05, 0) is 42.7 Å². The van der Waals surface area contributed by atoms with Crippen LogP contribution in [0.25, 0.3) is 0 Å². The first kappa shape index (κ1) is 19.4. The van der Waals surface area contributed by atoms with Gasteiger partial charge in [-0.25, -0.2) is 0 Å². The zero-order chi connectivity index (χ0) is 19.3. The van der Waals surface area contributed by atoms with E-state index in [4.69, 9.17) is 10.8 Å². The Balaban J connectivity index is 2.17. The highest BCUT2D eigenvalue weighted by molar-refractivity contribution is 5.98. The second-order valence-electron chi connectivity index (χ2n) is 6.19. The zero-order valence-electron chi connectivity index (χ0n) is 14.8. The van der Waals surface area contributed by atoms with Crippen molar-refractivity contribution in [2.45, 2.75) is 25.8 Å². The first-order chi connectivity index (χ1) is 12.3. The van der Waals surface area contributed by atoms with E-state index in [1.807, 2.05) is 18.2 Å². The van der Waals surface area contributed by atoms with E-state index >= 15 is 0 Å². The number of carbonyl (C=O) groups is 2. The summed E-state index contributed by atoms with van der Waals surface area (Å²) in [4.78, 5) is 29.5. The van der Waals surface area contributed by atoms with Crippen LogP contribution in [-0.4, -0.2) is 51.6 Å². The molecule has 1 amide bonds. The first-order valence-electron chi connectivity index (χ1n) is 8.26. The lowest BCUT2D eigenvalue weighted by Gasteiger charge is -2.20. The monoisotopic (exact) mass is 357 g/mol. The van der Waals surface area contributed by atoms with Crippen LogP contribution < -0.4 is 5.73 Å². The normalized spacial score (nSPS) is 11.8. The smallest absolute Gasteiger partial charge is 0.320 e. The Kier molecular flexibility index (Phi) is 6.30. The number of aliphatic carboxylic acids is 1. The number of pyridine rings is 1. The number of amides is 1. The summed E-state index contributed by atoms with van der Waals surface area (Å²) in [6.45, 7) is 2.12. The summed E-state index contributed by atoms with van der Waals surface area (Å²) in [5.41, 5.74) is 7.79. The Morgan fingerprint density at radius 2 is 2.00 bits per heavy atom. The maximum Gasteiger partial charge on any atom is 0.320 e. The van der Waals surface area contributed by atoms with E-state index in [-0.39, 0.29) is 23.6 Å². The number of phenols is 1. The van der Waals surface area contributed by atoms with Gasteiger partial charge < -0.3 is 20.8 Å². The van der Waals surface area contributed by atoms with Crippen molar-refractivity contribution in [1.29, 1.82) is 0 Å². The van der Waals surface area contributed by atoms with Crippen molar-refractivity contribution >= 4 is 11.9 Å². The minimum Gasteiger partial charge on any atom is -0.507 e. The largest absolute Gasteiger partial charge is 0.507 e. The van der Waals surface area contributed by atoms with Gasteiger partial charge in [-0.15, -0.1) is 0 Å². The fourth-order valence-corrected chi connectivity index (χ4v) is 2.68. The van der Waals surface area contributed by atoms with E-state index in [9.17, 15) is 14.7 Å². The lowest BCUT2D eigenvalue weighted by atomic mass is 9.95. The molecule has 1 atom stereocenters. The highest BCUT2D eigenvalue weighted by Crippen LogP contribution is 2.26. The van der Waals surface area contributed by atoms with E-state index in [2.05, 4.69) is 4.98 Å². The predicted octanol–water partition coefficient (Wildman–Crippen LogP) is 1.36. The Labute approximate surface area is 152 Å². The molecule has 0 saturated heterocycles. The molecule has 26 heavy (non-hydrogen) atoms. The molecule has 7 heteroatoms. The molecule has 0 aliphatic heterocycles. The van der Waals surface area contributed by atoms with E-state index in [0.717, 1.165) is 5.69 Å². The molecule has 0 bridgehead atoms. The summed E-state index contributed by atoms with van der Waals surface area (Å²) in [5, 5.41) is 19.1. The number of phenolic OH excluding ortho intramolecular Hbond substituents is 1. The fraction of sp³-hybridized carbons (Fsp3) is 0.316. The molecule has 1 aromatic heterocycles. The quantitative estimate of drug-likeness (QED) is 0.689. The summed E-state index contributed by atoms with van der Waals surface area (Å²) >= 11 is 0. The maximum absolute atomic E-state index is 12.8. The van der Waals surface area contributed by atoms with Crippen LogP contribution in [0.1, 0.15) is 27.2 Å². The Morgan fingerprint density at radius 1 is 1.27 bits per heavy atom. The molecular formula is C19H23N3O4. The number of aromatic hydroxyl groups is 1. The van der Waals surface area contributed by atoms with Gasteiger partial charge >= 0.3 is 5.97 Å². The van der Waals surface area contributed by atoms with Gasteiger partial charge in [-0.2, -0.15) is 0 Å². The molecular weight excluding hydrogens is 334 g/mol. The molecule has 0 fully saturated rings. The Bertz CT molecular complexity index is 793. The van der Waals surface area contributed by atoms with Gasteiger partial charge in [0.05, 0.1) is 5.56 Å². The second kappa shape index (κ2) is 8.44. The Hall–Kier alpha value is -2.93. The number of carboxylic acid groups (broad SMARTS) is 1. The molecule has 0 saturated carbocycles. The molecule has 4 N–H and O–H groups in total. The van der Waals surface area contributed by atoms with Crippen LogP contribution in [0, 0.1) is 6.92 Å². The Morgan fingerprint density at radius 3 is 2.62 bits per heavy atom. The summed E-state index contributed by atoms with van der Waals surface area (Å²) in [7, 11) is 1.65. The standard InChI is InChI=1S/C19H23N3O4/c1-12-13(11-15(20)19(25)26)6-7-16(23)17(12)18(24)22(2)10-8-14-5-3-4-9-21-14/h3-7,9,15,23H,8,10-11,20H2,1-2H3,(H,25,26). The van der Waals surface area contributed by atoms with Crippen molar-refractivity contribution in [3.8, 4) is 5.75 Å². The number of aromatic nitrogens is 1. The van der Waals surface area contributed by atoms with Crippen molar-refractivity contribution < 1.29 is 19.8 Å². The van der Waals surface area contributed by atoms with E-state index in [1.165, 1.54) is 11.0 Å². The third kappa shape index (κ3) is 4.58. The topological polar surface area (TPSA) is 117 Å². The lowest BCUT2D eigenvalue weighted by molar-refractivity contribution is -0.138. The predicted molar refractivity (Wildman–Crippen MR) is 97.1 cm³/mol. The summed E-state index contributed by atoms with van der Waals surface area (Å²) < 4.78 is 0. The van der Waals surface area contributed by atoms with Gasteiger partial charge in [0.2, 0.25) is 0 Å². The van der Waals surface area contributed by atoms with Gasteiger partial charge in [-0.1, -0.05) is 12.1 Å². The van der Waals surface area contributed by atoms with Crippen LogP contribution in [-0.2, 0) is 17.6 Å². The second-order valence-corrected chi connectivity index (χ2v) is 6.19. The van der Waals surface area contributed by atoms with Gasteiger partial charge in [0.25, 0.3) is 5.91 Å².